The first-order valence-electron chi connectivity index (χ1n) is 4.70. The molecule has 0 saturated carbocycles. The number of hydrogen-bond acceptors (Lipinski definition) is 5. The van der Waals surface area contributed by atoms with Gasteiger partial charge in [0.05, 0.1) is 25.9 Å². The highest BCUT2D eigenvalue weighted by Crippen LogP contribution is 2.32. The molecular weight excluding hydrogens is 262 g/mol. The third kappa shape index (κ3) is 2.54. The quantitative estimate of drug-likeness (QED) is 0.685. The summed E-state index contributed by atoms with van der Waals surface area (Å²) in [4.78, 5) is 15.4. The molecule has 88 valence electrons. The van der Waals surface area contributed by atoms with Crippen molar-refractivity contribution >= 4 is 34.4 Å². The summed E-state index contributed by atoms with van der Waals surface area (Å²) < 4.78 is 0.624. The molecule has 0 aliphatic heterocycles. The molecule has 2 rings (SSSR count). The third-order valence-electron chi connectivity index (χ3n) is 2.10. The van der Waals surface area contributed by atoms with Crippen LogP contribution in [0.4, 0.5) is 11.5 Å². The topological polar surface area (TPSA) is 68.1 Å². The molecule has 0 atom stereocenters. The van der Waals surface area contributed by atoms with Crippen LogP contribution >= 0.6 is 22.9 Å². The van der Waals surface area contributed by atoms with E-state index < -0.39 is 4.92 Å². The summed E-state index contributed by atoms with van der Waals surface area (Å²) >= 11 is 7.16. The van der Waals surface area contributed by atoms with Gasteiger partial charge in [-0.1, -0.05) is 11.6 Å². The molecule has 0 radical (unpaired) electrons. The van der Waals surface area contributed by atoms with E-state index in [0.717, 1.165) is 4.88 Å². The predicted molar refractivity (Wildman–Crippen MR) is 68.8 cm³/mol. The average Bonchev–Trinajstić information content (AvgIpc) is 2.75. The highest BCUT2D eigenvalue weighted by Gasteiger charge is 2.13. The van der Waals surface area contributed by atoms with E-state index in [1.807, 2.05) is 0 Å². The summed E-state index contributed by atoms with van der Waals surface area (Å²) in [5.74, 6) is 0.457. The molecule has 0 spiro atoms. The molecule has 0 amide bonds. The van der Waals surface area contributed by atoms with Gasteiger partial charge in [0.15, 0.2) is 0 Å². The fourth-order valence-electron chi connectivity index (χ4n) is 1.33. The van der Waals surface area contributed by atoms with E-state index in [4.69, 9.17) is 11.6 Å². The van der Waals surface area contributed by atoms with E-state index >= 15 is 0 Å². The van der Waals surface area contributed by atoms with Crippen LogP contribution in [0, 0.1) is 10.1 Å². The van der Waals surface area contributed by atoms with Gasteiger partial charge in [-0.3, -0.25) is 10.1 Å². The van der Waals surface area contributed by atoms with Crippen molar-refractivity contribution < 1.29 is 4.92 Å². The zero-order valence-electron chi connectivity index (χ0n) is 8.81. The number of hydrogen-bond donors (Lipinski definition) is 1. The number of pyridine rings is 1. The molecule has 0 aliphatic carbocycles. The van der Waals surface area contributed by atoms with Gasteiger partial charge in [-0.25, -0.2) is 4.98 Å². The predicted octanol–water partition coefficient (Wildman–Crippen LogP) is 3.41. The lowest BCUT2D eigenvalue weighted by molar-refractivity contribution is -0.384. The third-order valence-corrected chi connectivity index (χ3v) is 3.36. The minimum Gasteiger partial charge on any atom is -0.373 e. The Kier molecular flexibility index (Phi) is 3.26. The van der Waals surface area contributed by atoms with Gasteiger partial charge in [0.1, 0.15) is 5.82 Å². The molecule has 0 unspecified atom stereocenters. The van der Waals surface area contributed by atoms with E-state index in [1.165, 1.54) is 23.5 Å². The van der Waals surface area contributed by atoms with Gasteiger partial charge < -0.3 is 5.32 Å². The Bertz CT molecular complexity index is 570. The molecule has 2 aromatic heterocycles. The number of rotatable bonds is 3. The van der Waals surface area contributed by atoms with Gasteiger partial charge in [-0.05, 0) is 12.1 Å². The molecule has 0 bridgehead atoms. The zero-order chi connectivity index (χ0) is 12.4. The van der Waals surface area contributed by atoms with Gasteiger partial charge >= 0.3 is 0 Å². The molecule has 0 fully saturated rings. The fourth-order valence-corrected chi connectivity index (χ4v) is 2.33. The van der Waals surface area contributed by atoms with Gasteiger partial charge in [0.25, 0.3) is 5.69 Å². The second-order valence-corrected chi connectivity index (χ2v) is 4.92. The lowest BCUT2D eigenvalue weighted by Gasteiger charge is -2.02. The second-order valence-electron chi connectivity index (χ2n) is 3.21. The maximum Gasteiger partial charge on any atom is 0.275 e. The Labute approximate surface area is 106 Å². The van der Waals surface area contributed by atoms with Crippen LogP contribution < -0.4 is 5.32 Å². The van der Waals surface area contributed by atoms with Crippen LogP contribution in [0.5, 0.6) is 0 Å². The molecule has 0 aromatic carbocycles. The Balaban J connectivity index is 2.53. The number of nitro groups is 1. The maximum absolute atomic E-state index is 10.8. The van der Waals surface area contributed by atoms with Crippen LogP contribution in [0.2, 0.25) is 4.34 Å². The van der Waals surface area contributed by atoms with E-state index in [1.54, 1.807) is 19.2 Å². The largest absolute Gasteiger partial charge is 0.373 e. The highest BCUT2D eigenvalue weighted by molar-refractivity contribution is 7.19. The monoisotopic (exact) mass is 269 g/mol. The van der Waals surface area contributed by atoms with Crippen molar-refractivity contribution in [3.05, 3.63) is 38.7 Å². The molecule has 0 aliphatic rings. The normalized spacial score (nSPS) is 10.2. The molecule has 17 heavy (non-hydrogen) atoms. The number of aromatic nitrogens is 1. The molecular formula is C10H8ClN3O2S. The van der Waals surface area contributed by atoms with Crippen molar-refractivity contribution in [1.29, 1.82) is 0 Å². The van der Waals surface area contributed by atoms with Crippen LogP contribution in [0.15, 0.2) is 24.3 Å². The maximum atomic E-state index is 10.8. The molecule has 5 nitrogen and oxygen atoms in total. The summed E-state index contributed by atoms with van der Waals surface area (Å²) in [6.45, 7) is 0. The number of nitrogens with one attached hydrogen (secondary N) is 1. The van der Waals surface area contributed by atoms with Gasteiger partial charge in [0, 0.05) is 13.1 Å². The van der Waals surface area contributed by atoms with E-state index in [-0.39, 0.29) is 5.69 Å². The zero-order valence-corrected chi connectivity index (χ0v) is 10.4. The number of halogens is 1. The van der Waals surface area contributed by atoms with Crippen LogP contribution in [-0.2, 0) is 0 Å². The Hall–Kier alpha value is -1.66. The smallest absolute Gasteiger partial charge is 0.275 e. The first-order chi connectivity index (χ1) is 8.10. The van der Waals surface area contributed by atoms with Gasteiger partial charge in [-0.2, -0.15) is 0 Å². The van der Waals surface area contributed by atoms with Crippen LogP contribution in [-0.4, -0.2) is 17.0 Å². The summed E-state index contributed by atoms with van der Waals surface area (Å²) in [6, 6.07) is 6.35. The van der Waals surface area contributed by atoms with Crippen LogP contribution in [0.3, 0.4) is 0 Å². The van der Waals surface area contributed by atoms with Crippen molar-refractivity contribution in [3.63, 3.8) is 0 Å². The standard InChI is InChI=1S/C10H8ClN3O2S/c1-12-10-5-6(14(15)16)4-7(13-10)8-2-3-9(11)17-8/h2-5H,1H3,(H,12,13). The second kappa shape index (κ2) is 4.68. The number of nitrogens with zero attached hydrogens (tertiary/aromatic N) is 2. The van der Waals surface area contributed by atoms with E-state index in [2.05, 4.69) is 10.3 Å². The van der Waals surface area contributed by atoms with E-state index in [0.29, 0.717) is 15.8 Å². The van der Waals surface area contributed by atoms with Gasteiger partial charge in [-0.15, -0.1) is 11.3 Å². The lowest BCUT2D eigenvalue weighted by Crippen LogP contribution is -1.96. The summed E-state index contributed by atoms with van der Waals surface area (Å²) in [7, 11) is 1.66. The average molecular weight is 270 g/mol. The Morgan fingerprint density at radius 1 is 1.47 bits per heavy atom. The summed E-state index contributed by atoms with van der Waals surface area (Å²) in [6.07, 6.45) is 0. The minimum atomic E-state index is -0.443. The molecule has 2 heterocycles. The van der Waals surface area contributed by atoms with Crippen molar-refractivity contribution in [1.82, 2.24) is 4.98 Å². The van der Waals surface area contributed by atoms with Crippen molar-refractivity contribution in [2.75, 3.05) is 12.4 Å². The van der Waals surface area contributed by atoms with Crippen LogP contribution in [0.1, 0.15) is 0 Å². The molecule has 1 N–H and O–H groups in total. The molecule has 7 heteroatoms. The summed E-state index contributed by atoms with van der Waals surface area (Å²) in [5, 5.41) is 13.6. The summed E-state index contributed by atoms with van der Waals surface area (Å²) in [5.41, 5.74) is 0.546. The van der Waals surface area contributed by atoms with E-state index in [9.17, 15) is 10.1 Å². The Morgan fingerprint density at radius 2 is 2.24 bits per heavy atom. The van der Waals surface area contributed by atoms with Crippen molar-refractivity contribution in [3.8, 4) is 10.6 Å². The highest BCUT2D eigenvalue weighted by atomic mass is 35.5. The van der Waals surface area contributed by atoms with Crippen molar-refractivity contribution in [2.45, 2.75) is 0 Å². The molecule has 2 aromatic rings. The lowest BCUT2D eigenvalue weighted by atomic mass is 10.2. The number of anilines is 1. The SMILES string of the molecule is CNc1cc([N+](=O)[O-])cc(-c2ccc(Cl)s2)n1. The van der Waals surface area contributed by atoms with Crippen molar-refractivity contribution in [2.24, 2.45) is 0 Å². The fraction of sp³-hybridized carbons (Fsp3) is 0.100. The minimum absolute atomic E-state index is 0.00359. The van der Waals surface area contributed by atoms with Crippen LogP contribution in [0.25, 0.3) is 10.6 Å². The molecule has 0 saturated heterocycles. The first-order valence-corrected chi connectivity index (χ1v) is 5.89. The first kappa shape index (κ1) is 11.8. The number of thiophene rings is 1. The van der Waals surface area contributed by atoms with Gasteiger partial charge in [0.2, 0.25) is 0 Å². The Morgan fingerprint density at radius 3 is 2.76 bits per heavy atom.